The number of carboxylic acids is 1. The quantitative estimate of drug-likeness (QED) is 0.406. The molecule has 7 nitrogen and oxygen atoms in total. The molecule has 7 rings (SSSR count). The summed E-state index contributed by atoms with van der Waals surface area (Å²) in [4.78, 5) is 18.8. The Labute approximate surface area is 231 Å². The van der Waals surface area contributed by atoms with E-state index in [1.807, 2.05) is 31.3 Å². The molecule has 9 heteroatoms. The van der Waals surface area contributed by atoms with E-state index in [-0.39, 0.29) is 0 Å². The van der Waals surface area contributed by atoms with Crippen molar-refractivity contribution in [2.45, 2.75) is 49.6 Å². The number of hydrogen-bond donors (Lipinski definition) is 1. The fraction of sp³-hybridized carbons (Fsp3) is 0.448. The molecule has 0 radical (unpaired) electrons. The van der Waals surface area contributed by atoms with Crippen molar-refractivity contribution in [3.63, 3.8) is 0 Å². The molecule has 3 atom stereocenters. The molecule has 3 aromatic rings. The van der Waals surface area contributed by atoms with Crippen molar-refractivity contribution in [1.29, 1.82) is 0 Å². The summed E-state index contributed by atoms with van der Waals surface area (Å²) in [6, 6.07) is 12.8. The lowest BCUT2D eigenvalue weighted by Gasteiger charge is -2.36. The zero-order valence-electron chi connectivity index (χ0n) is 21.2. The number of anilines is 2. The van der Waals surface area contributed by atoms with Crippen molar-refractivity contribution in [3.8, 4) is 11.3 Å². The number of halogens is 2. The highest BCUT2D eigenvalue weighted by atomic mass is 35.5. The second kappa shape index (κ2) is 9.18. The summed E-state index contributed by atoms with van der Waals surface area (Å²) in [6.07, 6.45) is 4.29. The maximum Gasteiger partial charge on any atom is 0.312 e. The van der Waals surface area contributed by atoms with Gasteiger partial charge in [0.2, 0.25) is 0 Å². The van der Waals surface area contributed by atoms with Crippen LogP contribution in [0.15, 0.2) is 40.9 Å². The molecule has 2 saturated heterocycles. The molecule has 1 saturated carbocycles. The van der Waals surface area contributed by atoms with Gasteiger partial charge in [-0.25, -0.2) is 0 Å². The fourth-order valence-electron chi connectivity index (χ4n) is 6.76. The van der Waals surface area contributed by atoms with E-state index in [0.717, 1.165) is 79.1 Å². The molecule has 2 aromatic carbocycles. The number of piperazine rings is 1. The Morgan fingerprint density at radius 1 is 1.11 bits per heavy atom. The van der Waals surface area contributed by atoms with Gasteiger partial charge >= 0.3 is 5.97 Å². The lowest BCUT2D eigenvalue weighted by Crippen LogP contribution is -2.47. The Hall–Kier alpha value is -2.74. The monoisotopic (exact) mass is 552 g/mol. The van der Waals surface area contributed by atoms with Gasteiger partial charge in [-0.2, -0.15) is 0 Å². The molecule has 0 amide bonds. The lowest BCUT2D eigenvalue weighted by molar-refractivity contribution is -0.138. The molecule has 3 unspecified atom stereocenters. The van der Waals surface area contributed by atoms with Crippen LogP contribution in [0.25, 0.3) is 11.3 Å². The minimum atomic E-state index is -0.753. The number of aromatic nitrogens is 1. The number of nitrogens with zero attached hydrogens (tertiary/aromatic N) is 4. The van der Waals surface area contributed by atoms with Gasteiger partial charge in [0.1, 0.15) is 17.4 Å². The number of rotatable bonds is 7. The Morgan fingerprint density at radius 3 is 2.58 bits per heavy atom. The molecule has 2 bridgehead atoms. The van der Waals surface area contributed by atoms with Gasteiger partial charge in [0.05, 0.1) is 10.0 Å². The van der Waals surface area contributed by atoms with Gasteiger partial charge in [0.25, 0.3) is 0 Å². The molecule has 1 N–H and O–H groups in total. The van der Waals surface area contributed by atoms with E-state index in [1.165, 1.54) is 5.69 Å². The maximum absolute atomic E-state index is 11.7. The van der Waals surface area contributed by atoms with Crippen LogP contribution in [-0.4, -0.2) is 66.4 Å². The molecule has 1 aliphatic carbocycles. The summed E-state index contributed by atoms with van der Waals surface area (Å²) < 4.78 is 5.87. The van der Waals surface area contributed by atoms with Crippen LogP contribution in [0.2, 0.25) is 10.0 Å². The van der Waals surface area contributed by atoms with E-state index in [1.54, 1.807) is 0 Å². The first kappa shape index (κ1) is 24.3. The minimum Gasteiger partial charge on any atom is -0.481 e. The Balaban J connectivity index is 1.07. The predicted octanol–water partition coefficient (Wildman–Crippen LogP) is 5.65. The first-order chi connectivity index (χ1) is 18.4. The van der Waals surface area contributed by atoms with Gasteiger partial charge in [-0.15, -0.1) is 0 Å². The standard InChI is InChI=1S/C29H30Cl2N4O3/c1-33-15-22(29(36)37)20-8-7-17(12-25(20)33)35-14-18-11-19(35)13-34(18)10-9-21-27(32-38-28(21)16-5-6-16)26-23(30)3-2-4-24(26)31/h2-4,7-8,12,16,18-19,22H,5-6,9-11,13-15H2,1H3,(H,36,37). The SMILES string of the molecule is CN1CC(C(=O)O)c2ccc(N3CC4CC3CN4CCc3c(-c4c(Cl)cccc4Cl)noc3C3CC3)cc21. The van der Waals surface area contributed by atoms with Gasteiger partial charge in [0.15, 0.2) is 0 Å². The third-order valence-electron chi connectivity index (χ3n) is 8.86. The molecule has 38 heavy (non-hydrogen) atoms. The van der Waals surface area contributed by atoms with Crippen LogP contribution in [-0.2, 0) is 11.2 Å². The van der Waals surface area contributed by atoms with Gasteiger partial charge in [-0.1, -0.05) is 40.5 Å². The molecule has 4 aliphatic rings. The lowest BCUT2D eigenvalue weighted by atomic mass is 10.0. The van der Waals surface area contributed by atoms with Crippen molar-refractivity contribution in [2.75, 3.05) is 43.0 Å². The van der Waals surface area contributed by atoms with Gasteiger partial charge in [-0.05, 0) is 55.5 Å². The zero-order valence-corrected chi connectivity index (χ0v) is 22.8. The van der Waals surface area contributed by atoms with Crippen LogP contribution in [0.5, 0.6) is 0 Å². The van der Waals surface area contributed by atoms with Crippen molar-refractivity contribution in [1.82, 2.24) is 10.1 Å². The highest BCUT2D eigenvalue weighted by Crippen LogP contribution is 2.46. The smallest absolute Gasteiger partial charge is 0.312 e. The number of carboxylic acid groups (broad SMARTS) is 1. The van der Waals surface area contributed by atoms with Crippen LogP contribution in [0, 0.1) is 0 Å². The van der Waals surface area contributed by atoms with Crippen LogP contribution in [0.4, 0.5) is 11.4 Å². The Morgan fingerprint density at radius 2 is 1.89 bits per heavy atom. The summed E-state index contributed by atoms with van der Waals surface area (Å²) >= 11 is 13.1. The molecule has 4 heterocycles. The van der Waals surface area contributed by atoms with Crippen LogP contribution in [0.1, 0.15) is 48.0 Å². The predicted molar refractivity (Wildman–Crippen MR) is 149 cm³/mol. The number of benzene rings is 2. The van der Waals surface area contributed by atoms with E-state index < -0.39 is 11.9 Å². The average Bonchev–Trinajstić information content (AvgIpc) is 3.21. The van der Waals surface area contributed by atoms with E-state index in [4.69, 9.17) is 27.7 Å². The zero-order chi connectivity index (χ0) is 26.1. The number of likely N-dealkylation sites (N-methyl/N-ethyl adjacent to an activating group) is 1. The van der Waals surface area contributed by atoms with Crippen molar-refractivity contribution in [2.24, 2.45) is 0 Å². The fourth-order valence-corrected chi connectivity index (χ4v) is 7.34. The second-order valence-corrected chi connectivity index (χ2v) is 12.0. The summed E-state index contributed by atoms with van der Waals surface area (Å²) in [7, 11) is 1.98. The highest BCUT2D eigenvalue weighted by Gasteiger charge is 2.44. The number of carbonyl (C=O) groups is 1. The molecule has 3 fully saturated rings. The van der Waals surface area contributed by atoms with Gasteiger partial charge in [-0.3, -0.25) is 9.69 Å². The number of likely N-dealkylation sites (tertiary alicyclic amines) is 1. The van der Waals surface area contributed by atoms with Crippen molar-refractivity contribution >= 4 is 40.5 Å². The largest absolute Gasteiger partial charge is 0.481 e. The molecular formula is C29H30Cl2N4O3. The Kier molecular flexibility index (Phi) is 5.87. The summed E-state index contributed by atoms with van der Waals surface area (Å²) in [6.45, 7) is 3.47. The van der Waals surface area contributed by atoms with E-state index >= 15 is 0 Å². The first-order valence-electron chi connectivity index (χ1n) is 13.4. The first-order valence-corrected chi connectivity index (χ1v) is 14.2. The van der Waals surface area contributed by atoms with Crippen LogP contribution < -0.4 is 9.80 Å². The minimum absolute atomic E-state index is 0.446. The molecule has 198 valence electrons. The third kappa shape index (κ3) is 3.98. The molecule has 0 spiro atoms. The van der Waals surface area contributed by atoms with Crippen molar-refractivity contribution in [3.05, 3.63) is 63.3 Å². The third-order valence-corrected chi connectivity index (χ3v) is 9.49. The van der Waals surface area contributed by atoms with Crippen molar-refractivity contribution < 1.29 is 14.4 Å². The number of aliphatic carboxylic acids is 1. The van der Waals surface area contributed by atoms with E-state index in [9.17, 15) is 9.90 Å². The number of hydrogen-bond acceptors (Lipinski definition) is 6. The molecule has 3 aliphatic heterocycles. The van der Waals surface area contributed by atoms with Crippen LogP contribution >= 0.6 is 23.2 Å². The average molecular weight is 553 g/mol. The normalized spacial score (nSPS) is 24.4. The molecular weight excluding hydrogens is 523 g/mol. The van der Waals surface area contributed by atoms with E-state index in [2.05, 4.69) is 32.0 Å². The number of fused-ring (bicyclic) bond motifs is 3. The van der Waals surface area contributed by atoms with Gasteiger partial charge < -0.3 is 19.4 Å². The summed E-state index contributed by atoms with van der Waals surface area (Å²) in [5, 5.41) is 15.2. The molecule has 1 aromatic heterocycles. The Bertz CT molecular complexity index is 1400. The summed E-state index contributed by atoms with van der Waals surface area (Å²) in [5.74, 6) is 0.260. The maximum atomic E-state index is 11.7. The summed E-state index contributed by atoms with van der Waals surface area (Å²) in [5.41, 5.74) is 5.86. The topological polar surface area (TPSA) is 73.1 Å². The van der Waals surface area contributed by atoms with E-state index in [0.29, 0.717) is 34.6 Å². The van der Waals surface area contributed by atoms with Crippen LogP contribution in [0.3, 0.4) is 0 Å². The second-order valence-electron chi connectivity index (χ2n) is 11.2. The van der Waals surface area contributed by atoms with Gasteiger partial charge in [0, 0.05) is 73.7 Å². The highest BCUT2D eigenvalue weighted by molar-refractivity contribution is 6.39.